The summed E-state index contributed by atoms with van der Waals surface area (Å²) in [6, 6.07) is 0.982. The molecule has 0 amide bonds. The molecule has 3 nitrogen and oxygen atoms in total. The first-order chi connectivity index (χ1) is 7.95. The minimum atomic E-state index is -1.31. The fourth-order valence-corrected chi connectivity index (χ4v) is 1.09. The maximum atomic E-state index is 13.2. The molecular formula is C11H10F3NO2. The Kier molecular flexibility index (Phi) is 4.14. The maximum Gasteiger partial charge on any atom is 0.354 e. The molecule has 0 aliphatic rings. The summed E-state index contributed by atoms with van der Waals surface area (Å²) < 4.78 is 43.2. The summed E-state index contributed by atoms with van der Waals surface area (Å²) in [5.41, 5.74) is 4.58. The Morgan fingerprint density at radius 3 is 2.47 bits per heavy atom. The second-order valence-electron chi connectivity index (χ2n) is 3.11. The molecule has 0 saturated carbocycles. The molecule has 92 valence electrons. The zero-order chi connectivity index (χ0) is 13.0. The Labute approximate surface area is 95.7 Å². The van der Waals surface area contributed by atoms with E-state index in [2.05, 4.69) is 4.74 Å². The Morgan fingerprint density at radius 2 is 1.88 bits per heavy atom. The van der Waals surface area contributed by atoms with Crippen LogP contribution in [0.1, 0.15) is 12.5 Å². The van der Waals surface area contributed by atoms with Crippen LogP contribution < -0.4 is 5.73 Å². The average Bonchev–Trinajstić information content (AvgIpc) is 2.26. The molecule has 1 aromatic carbocycles. The van der Waals surface area contributed by atoms with Gasteiger partial charge in [0.15, 0.2) is 11.6 Å². The van der Waals surface area contributed by atoms with Crippen molar-refractivity contribution in [2.24, 2.45) is 5.73 Å². The van der Waals surface area contributed by atoms with Gasteiger partial charge in [-0.1, -0.05) is 0 Å². The second kappa shape index (κ2) is 5.38. The topological polar surface area (TPSA) is 52.3 Å². The van der Waals surface area contributed by atoms with Crippen LogP contribution in [0.2, 0.25) is 0 Å². The first kappa shape index (κ1) is 13.1. The average molecular weight is 245 g/mol. The van der Waals surface area contributed by atoms with Gasteiger partial charge in [-0.15, -0.1) is 0 Å². The standard InChI is InChI=1S/C11H10F3NO2/c1-2-17-11(16)10(15)4-6-3-8(13)9(14)5-7(6)12/h3-5H,2,15H2,1H3/b10-4-. The van der Waals surface area contributed by atoms with E-state index in [1.165, 1.54) is 0 Å². The molecule has 0 aliphatic carbocycles. The largest absolute Gasteiger partial charge is 0.461 e. The van der Waals surface area contributed by atoms with Crippen molar-refractivity contribution in [1.29, 1.82) is 0 Å². The summed E-state index contributed by atoms with van der Waals surface area (Å²) in [6.45, 7) is 1.68. The van der Waals surface area contributed by atoms with Crippen molar-refractivity contribution in [3.63, 3.8) is 0 Å². The first-order valence-corrected chi connectivity index (χ1v) is 4.74. The fraction of sp³-hybridized carbons (Fsp3) is 0.182. The number of esters is 1. The van der Waals surface area contributed by atoms with Crippen LogP contribution in [0.15, 0.2) is 17.8 Å². The van der Waals surface area contributed by atoms with Crippen LogP contribution in [0.3, 0.4) is 0 Å². The Hall–Kier alpha value is -1.98. The van der Waals surface area contributed by atoms with E-state index in [1.54, 1.807) is 6.92 Å². The summed E-state index contributed by atoms with van der Waals surface area (Å²) in [6.07, 6.45) is 0.885. The normalized spacial score (nSPS) is 11.4. The molecule has 2 N–H and O–H groups in total. The van der Waals surface area contributed by atoms with Crippen molar-refractivity contribution in [2.75, 3.05) is 6.61 Å². The number of ether oxygens (including phenoxy) is 1. The van der Waals surface area contributed by atoms with Crippen molar-refractivity contribution < 1.29 is 22.7 Å². The summed E-state index contributed by atoms with van der Waals surface area (Å²) in [7, 11) is 0. The molecule has 0 spiro atoms. The van der Waals surface area contributed by atoms with Crippen LogP contribution in [-0.4, -0.2) is 12.6 Å². The summed E-state index contributed by atoms with van der Waals surface area (Å²) >= 11 is 0. The van der Waals surface area contributed by atoms with Crippen LogP contribution in [0.25, 0.3) is 6.08 Å². The van der Waals surface area contributed by atoms with Gasteiger partial charge >= 0.3 is 5.97 Å². The van der Waals surface area contributed by atoms with Crippen molar-refractivity contribution in [1.82, 2.24) is 0 Å². The highest BCUT2D eigenvalue weighted by Crippen LogP contribution is 2.16. The van der Waals surface area contributed by atoms with Gasteiger partial charge in [-0.2, -0.15) is 0 Å². The molecule has 0 atom stereocenters. The molecule has 0 aromatic heterocycles. The number of benzene rings is 1. The van der Waals surface area contributed by atoms with Gasteiger partial charge < -0.3 is 10.5 Å². The zero-order valence-corrected chi connectivity index (χ0v) is 8.97. The smallest absolute Gasteiger partial charge is 0.354 e. The van der Waals surface area contributed by atoms with Crippen LogP contribution in [0.4, 0.5) is 13.2 Å². The van der Waals surface area contributed by atoms with Gasteiger partial charge in [0.1, 0.15) is 11.5 Å². The highest BCUT2D eigenvalue weighted by molar-refractivity contribution is 5.92. The van der Waals surface area contributed by atoms with Gasteiger partial charge in [0.2, 0.25) is 0 Å². The van der Waals surface area contributed by atoms with Crippen LogP contribution >= 0.6 is 0 Å². The highest BCUT2D eigenvalue weighted by atomic mass is 19.2. The molecule has 0 unspecified atom stereocenters. The van der Waals surface area contributed by atoms with Crippen molar-refractivity contribution in [3.05, 3.63) is 40.8 Å². The van der Waals surface area contributed by atoms with Crippen LogP contribution in [0, 0.1) is 17.5 Å². The molecule has 6 heteroatoms. The van der Waals surface area contributed by atoms with Gasteiger partial charge in [-0.05, 0) is 19.1 Å². The van der Waals surface area contributed by atoms with E-state index in [-0.39, 0.29) is 12.2 Å². The van der Waals surface area contributed by atoms with E-state index < -0.39 is 29.1 Å². The van der Waals surface area contributed by atoms with E-state index in [0.29, 0.717) is 12.1 Å². The minimum Gasteiger partial charge on any atom is -0.461 e. The predicted octanol–water partition coefficient (Wildman–Crippen LogP) is 1.97. The van der Waals surface area contributed by atoms with Crippen molar-refractivity contribution in [3.8, 4) is 0 Å². The summed E-state index contributed by atoms with van der Waals surface area (Å²) in [5.74, 6) is -4.41. The number of nitrogens with two attached hydrogens (primary N) is 1. The van der Waals surface area contributed by atoms with Crippen LogP contribution in [0.5, 0.6) is 0 Å². The van der Waals surface area contributed by atoms with E-state index >= 15 is 0 Å². The highest BCUT2D eigenvalue weighted by Gasteiger charge is 2.11. The maximum absolute atomic E-state index is 13.2. The molecule has 0 aliphatic heterocycles. The number of carbonyl (C=O) groups excluding carboxylic acids is 1. The predicted molar refractivity (Wildman–Crippen MR) is 55.1 cm³/mol. The molecule has 0 heterocycles. The zero-order valence-electron chi connectivity index (χ0n) is 8.97. The Balaban J connectivity index is 3.06. The van der Waals surface area contributed by atoms with E-state index in [0.717, 1.165) is 6.08 Å². The van der Waals surface area contributed by atoms with Gasteiger partial charge in [0.25, 0.3) is 0 Å². The van der Waals surface area contributed by atoms with Gasteiger partial charge in [-0.25, -0.2) is 18.0 Å². The number of halogens is 3. The van der Waals surface area contributed by atoms with E-state index in [4.69, 9.17) is 5.73 Å². The molecule has 1 aromatic rings. The second-order valence-corrected chi connectivity index (χ2v) is 3.11. The lowest BCUT2D eigenvalue weighted by molar-refractivity contribution is -0.138. The number of rotatable bonds is 3. The fourth-order valence-electron chi connectivity index (χ4n) is 1.09. The van der Waals surface area contributed by atoms with Crippen molar-refractivity contribution >= 4 is 12.0 Å². The Bertz CT molecular complexity index is 472. The SMILES string of the molecule is CCOC(=O)/C(N)=C/c1cc(F)c(F)cc1F. The lowest BCUT2D eigenvalue weighted by atomic mass is 10.1. The van der Waals surface area contributed by atoms with Gasteiger partial charge in [0.05, 0.1) is 6.61 Å². The molecule has 0 fully saturated rings. The molecule has 0 saturated heterocycles. The summed E-state index contributed by atoms with van der Waals surface area (Å²) in [4.78, 5) is 11.1. The third-order valence-electron chi connectivity index (χ3n) is 1.86. The van der Waals surface area contributed by atoms with Crippen LogP contribution in [-0.2, 0) is 9.53 Å². The number of carbonyl (C=O) groups is 1. The van der Waals surface area contributed by atoms with Gasteiger partial charge in [-0.3, -0.25) is 0 Å². The molecule has 17 heavy (non-hydrogen) atoms. The monoisotopic (exact) mass is 245 g/mol. The third-order valence-corrected chi connectivity index (χ3v) is 1.86. The molecule has 0 radical (unpaired) electrons. The van der Waals surface area contributed by atoms with E-state index in [1.807, 2.05) is 0 Å². The lowest BCUT2D eigenvalue weighted by Crippen LogP contribution is -2.14. The minimum absolute atomic E-state index is 0.105. The first-order valence-electron chi connectivity index (χ1n) is 4.74. The molecule has 1 rings (SSSR count). The molecular weight excluding hydrogens is 235 g/mol. The van der Waals surface area contributed by atoms with Gasteiger partial charge in [0, 0.05) is 11.6 Å². The van der Waals surface area contributed by atoms with Crippen molar-refractivity contribution in [2.45, 2.75) is 6.92 Å². The number of hydrogen-bond donors (Lipinski definition) is 1. The number of hydrogen-bond acceptors (Lipinski definition) is 3. The Morgan fingerprint density at radius 1 is 1.29 bits per heavy atom. The molecule has 0 bridgehead atoms. The van der Waals surface area contributed by atoms with E-state index in [9.17, 15) is 18.0 Å². The summed E-state index contributed by atoms with van der Waals surface area (Å²) in [5, 5.41) is 0. The lowest BCUT2D eigenvalue weighted by Gasteiger charge is -2.03. The third kappa shape index (κ3) is 3.24. The quantitative estimate of drug-likeness (QED) is 0.503.